The number of aliphatic hydroxyl groups is 1. The molecule has 0 aliphatic heterocycles. The van der Waals surface area contributed by atoms with E-state index in [0.29, 0.717) is 45.3 Å². The Morgan fingerprint density at radius 1 is 1.00 bits per heavy atom. The van der Waals surface area contributed by atoms with E-state index >= 15 is 0 Å². The lowest BCUT2D eigenvalue weighted by Crippen LogP contribution is -2.35. The maximum atomic E-state index is 12.6. The Morgan fingerprint density at radius 2 is 1.72 bits per heavy atom. The zero-order valence-electron chi connectivity index (χ0n) is 13.1. The predicted octanol–water partition coefficient (Wildman–Crippen LogP) is 5.72. The second-order valence-corrected chi connectivity index (χ2v) is 6.96. The molecule has 0 atom stereocenters. The van der Waals surface area contributed by atoms with Crippen LogP contribution < -0.4 is 5.32 Å². The lowest BCUT2D eigenvalue weighted by Gasteiger charge is -2.23. The maximum Gasteiger partial charge on any atom is 0.322 e. The molecule has 2 aromatic rings. The average Bonchev–Trinajstić information content (AvgIpc) is 2.58. The van der Waals surface area contributed by atoms with E-state index in [1.807, 2.05) is 0 Å². The van der Waals surface area contributed by atoms with E-state index in [9.17, 15) is 4.79 Å². The first-order valence-electron chi connectivity index (χ1n) is 7.46. The Balaban J connectivity index is 2.16. The van der Waals surface area contributed by atoms with Crippen LogP contribution in [-0.4, -0.2) is 29.2 Å². The van der Waals surface area contributed by atoms with E-state index < -0.39 is 0 Å². The first-order valence-corrected chi connectivity index (χ1v) is 8.97. The number of halogens is 4. The van der Waals surface area contributed by atoms with Crippen molar-refractivity contribution in [2.24, 2.45) is 0 Å². The minimum atomic E-state index is -0.358. The molecule has 25 heavy (non-hydrogen) atoms. The molecule has 134 valence electrons. The first-order chi connectivity index (χ1) is 11.9. The number of amides is 2. The first kappa shape index (κ1) is 20.1. The molecule has 2 aromatic carbocycles. The Labute approximate surface area is 166 Å². The van der Waals surface area contributed by atoms with Gasteiger partial charge in [-0.25, -0.2) is 4.79 Å². The van der Waals surface area contributed by atoms with Crippen LogP contribution in [0.4, 0.5) is 10.5 Å². The number of rotatable bonds is 6. The number of nitrogens with one attached hydrogen (secondary N) is 1. The zero-order chi connectivity index (χ0) is 18.4. The van der Waals surface area contributed by atoms with E-state index in [4.69, 9.17) is 51.5 Å². The summed E-state index contributed by atoms with van der Waals surface area (Å²) in [4.78, 5) is 14.2. The van der Waals surface area contributed by atoms with Gasteiger partial charge in [-0.15, -0.1) is 0 Å². The molecular formula is C17H16Cl4N2O2. The summed E-state index contributed by atoms with van der Waals surface area (Å²) in [5.41, 5.74) is 1.24. The predicted molar refractivity (Wildman–Crippen MR) is 104 cm³/mol. The second-order valence-electron chi connectivity index (χ2n) is 5.30. The van der Waals surface area contributed by atoms with Gasteiger partial charge in [0.15, 0.2) is 0 Å². The highest BCUT2D eigenvalue weighted by atomic mass is 35.5. The van der Waals surface area contributed by atoms with Crippen molar-refractivity contribution in [1.82, 2.24) is 4.90 Å². The standard InChI is InChI=1S/C17H16Cl4N2O2/c18-12-3-5-14(20)16(9-12)22-17(25)23(6-1-7-24)10-11-2-4-13(19)15(21)8-11/h2-5,8-9,24H,1,6-7,10H2,(H,22,25). The third-order valence-electron chi connectivity index (χ3n) is 3.40. The number of aliphatic hydroxyl groups excluding tert-OH is 1. The third-order valence-corrected chi connectivity index (χ3v) is 4.70. The summed E-state index contributed by atoms with van der Waals surface area (Å²) in [6, 6.07) is 9.63. The van der Waals surface area contributed by atoms with E-state index in [1.165, 1.54) is 0 Å². The van der Waals surface area contributed by atoms with Crippen LogP contribution in [0.5, 0.6) is 0 Å². The summed E-state index contributed by atoms with van der Waals surface area (Å²) in [6.07, 6.45) is 0.442. The van der Waals surface area contributed by atoms with Crippen molar-refractivity contribution in [3.63, 3.8) is 0 Å². The van der Waals surface area contributed by atoms with E-state index in [1.54, 1.807) is 41.3 Å². The molecule has 0 bridgehead atoms. The topological polar surface area (TPSA) is 52.6 Å². The van der Waals surface area contributed by atoms with Crippen LogP contribution >= 0.6 is 46.4 Å². The second kappa shape index (κ2) is 9.51. The molecule has 0 fully saturated rings. The molecule has 0 saturated heterocycles. The lowest BCUT2D eigenvalue weighted by atomic mass is 10.2. The summed E-state index contributed by atoms with van der Waals surface area (Å²) in [7, 11) is 0. The smallest absolute Gasteiger partial charge is 0.322 e. The fourth-order valence-electron chi connectivity index (χ4n) is 2.16. The van der Waals surface area contributed by atoms with Crippen molar-refractivity contribution < 1.29 is 9.90 Å². The SMILES string of the molecule is O=C(Nc1cc(Cl)ccc1Cl)N(CCCO)Cc1ccc(Cl)c(Cl)c1. The molecule has 2 N–H and O–H groups in total. The fraction of sp³-hybridized carbons (Fsp3) is 0.235. The van der Waals surface area contributed by atoms with Crippen molar-refractivity contribution in [3.8, 4) is 0 Å². The summed E-state index contributed by atoms with van der Waals surface area (Å²) < 4.78 is 0. The number of hydrogen-bond donors (Lipinski definition) is 2. The minimum Gasteiger partial charge on any atom is -0.396 e. The molecule has 8 heteroatoms. The number of anilines is 1. The zero-order valence-corrected chi connectivity index (χ0v) is 16.1. The molecule has 0 aliphatic carbocycles. The quantitative estimate of drug-likeness (QED) is 0.626. The Kier molecular flexibility index (Phi) is 7.66. The van der Waals surface area contributed by atoms with Gasteiger partial charge in [-0.05, 0) is 42.3 Å². The van der Waals surface area contributed by atoms with Gasteiger partial charge in [0.25, 0.3) is 0 Å². The van der Waals surface area contributed by atoms with Crippen molar-refractivity contribution in [1.29, 1.82) is 0 Å². The van der Waals surface area contributed by atoms with Crippen molar-refractivity contribution in [3.05, 3.63) is 62.1 Å². The highest BCUT2D eigenvalue weighted by Gasteiger charge is 2.16. The van der Waals surface area contributed by atoms with Gasteiger partial charge in [0.1, 0.15) is 0 Å². The Hall–Kier alpha value is -1.17. The van der Waals surface area contributed by atoms with Crippen LogP contribution in [0.1, 0.15) is 12.0 Å². The normalized spacial score (nSPS) is 10.6. The monoisotopic (exact) mass is 420 g/mol. The number of urea groups is 1. The number of carbonyl (C=O) groups is 1. The van der Waals surface area contributed by atoms with Gasteiger partial charge in [0.2, 0.25) is 0 Å². The van der Waals surface area contributed by atoms with Crippen LogP contribution in [0.25, 0.3) is 0 Å². The van der Waals surface area contributed by atoms with E-state index in [0.717, 1.165) is 5.56 Å². The van der Waals surface area contributed by atoms with Crippen LogP contribution in [0.15, 0.2) is 36.4 Å². The molecule has 0 radical (unpaired) electrons. The van der Waals surface area contributed by atoms with E-state index in [2.05, 4.69) is 5.32 Å². The summed E-state index contributed by atoms with van der Waals surface area (Å²) >= 11 is 24.0. The molecule has 2 rings (SSSR count). The van der Waals surface area contributed by atoms with Gasteiger partial charge < -0.3 is 15.3 Å². The maximum absolute atomic E-state index is 12.6. The van der Waals surface area contributed by atoms with Crippen LogP contribution in [-0.2, 0) is 6.54 Å². The highest BCUT2D eigenvalue weighted by Crippen LogP contribution is 2.26. The van der Waals surface area contributed by atoms with E-state index in [-0.39, 0.29) is 12.6 Å². The third kappa shape index (κ3) is 5.94. The highest BCUT2D eigenvalue weighted by molar-refractivity contribution is 6.42. The summed E-state index contributed by atoms with van der Waals surface area (Å²) in [6.45, 7) is 0.644. The molecular weight excluding hydrogens is 406 g/mol. The molecule has 2 amide bonds. The number of nitrogens with zero attached hydrogens (tertiary/aromatic N) is 1. The molecule has 0 spiro atoms. The van der Waals surface area contributed by atoms with Crippen molar-refractivity contribution in [2.45, 2.75) is 13.0 Å². The van der Waals surface area contributed by atoms with Gasteiger partial charge in [0.05, 0.1) is 20.8 Å². The molecule has 0 saturated carbocycles. The molecule has 0 unspecified atom stereocenters. The largest absolute Gasteiger partial charge is 0.396 e. The van der Waals surface area contributed by atoms with Crippen molar-refractivity contribution >= 4 is 58.1 Å². The summed E-state index contributed by atoms with van der Waals surface area (Å²) in [5.74, 6) is 0. The van der Waals surface area contributed by atoms with Gasteiger partial charge in [-0.3, -0.25) is 0 Å². The number of hydrogen-bond acceptors (Lipinski definition) is 2. The van der Waals surface area contributed by atoms with Gasteiger partial charge in [-0.1, -0.05) is 52.5 Å². The van der Waals surface area contributed by atoms with Crippen LogP contribution in [0, 0.1) is 0 Å². The molecule has 0 aromatic heterocycles. The van der Waals surface area contributed by atoms with Gasteiger partial charge in [-0.2, -0.15) is 0 Å². The van der Waals surface area contributed by atoms with Crippen LogP contribution in [0.2, 0.25) is 20.1 Å². The molecule has 4 nitrogen and oxygen atoms in total. The minimum absolute atomic E-state index is 0.0247. The molecule has 0 aliphatic rings. The lowest BCUT2D eigenvalue weighted by molar-refractivity contribution is 0.199. The van der Waals surface area contributed by atoms with Gasteiger partial charge >= 0.3 is 6.03 Å². The number of benzene rings is 2. The van der Waals surface area contributed by atoms with Gasteiger partial charge in [0, 0.05) is 24.7 Å². The number of carbonyl (C=O) groups excluding carboxylic acids is 1. The Morgan fingerprint density at radius 3 is 2.40 bits per heavy atom. The van der Waals surface area contributed by atoms with Crippen LogP contribution in [0.3, 0.4) is 0 Å². The Bertz CT molecular complexity index is 755. The summed E-state index contributed by atoms with van der Waals surface area (Å²) in [5, 5.41) is 13.5. The molecule has 0 heterocycles. The fourth-order valence-corrected chi connectivity index (χ4v) is 2.82. The van der Waals surface area contributed by atoms with Crippen molar-refractivity contribution in [2.75, 3.05) is 18.5 Å². The average molecular weight is 422 g/mol.